The van der Waals surface area contributed by atoms with Gasteiger partial charge in [0.15, 0.2) is 0 Å². The van der Waals surface area contributed by atoms with Gasteiger partial charge < -0.3 is 31.1 Å². The lowest BCUT2D eigenvalue weighted by Crippen LogP contribution is -2.67. The van der Waals surface area contributed by atoms with E-state index in [2.05, 4.69) is 47.2 Å². The fourth-order valence-electron chi connectivity index (χ4n) is 9.45. The van der Waals surface area contributed by atoms with E-state index in [1.165, 1.54) is 0 Å². The smallest absolute Gasteiger partial charge is 0.247 e. The molecule has 2 aromatic rings. The number of nitrogens with one attached hydrogen (secondary N) is 4. The molecule has 10 heteroatoms. The highest BCUT2D eigenvalue weighted by Gasteiger charge is 2.78. The third-order valence-corrected chi connectivity index (χ3v) is 11.1. The number of carbonyl (C=O) groups excluding carboxylic acids is 4. The molecule has 6 aliphatic heterocycles. The van der Waals surface area contributed by atoms with Crippen molar-refractivity contribution in [2.45, 2.75) is 94.3 Å². The monoisotopic (exact) mass is 582 g/mol. The van der Waals surface area contributed by atoms with Gasteiger partial charge in [0.1, 0.15) is 36.5 Å². The molecule has 0 saturated carbocycles. The molecule has 6 aliphatic rings. The molecule has 0 radical (unpaired) electrons. The molecule has 224 valence electrons. The number of piperazine rings is 2. The summed E-state index contributed by atoms with van der Waals surface area (Å²) in [5.74, 6) is -0.321. The summed E-state index contributed by atoms with van der Waals surface area (Å²) in [6, 6.07) is 13.6. The van der Waals surface area contributed by atoms with E-state index in [1.807, 2.05) is 50.2 Å². The normalized spacial score (nSPS) is 36.8. The molecule has 0 unspecified atom stereocenters. The van der Waals surface area contributed by atoms with Crippen molar-refractivity contribution < 1.29 is 19.2 Å². The molecule has 0 aliphatic carbocycles. The largest absolute Gasteiger partial charge is 0.364 e. The van der Waals surface area contributed by atoms with E-state index in [4.69, 9.17) is 0 Å². The topological polar surface area (TPSA) is 123 Å². The lowest BCUT2D eigenvalue weighted by atomic mass is 9.54. The highest BCUT2D eigenvalue weighted by atomic mass is 16.2. The number of anilines is 2. The fourth-order valence-corrected chi connectivity index (χ4v) is 9.45. The van der Waals surface area contributed by atoms with Crippen LogP contribution in [0.1, 0.15) is 58.1 Å². The summed E-state index contributed by atoms with van der Waals surface area (Å²) < 4.78 is 0. The Kier molecular flexibility index (Phi) is 5.39. The van der Waals surface area contributed by atoms with Crippen LogP contribution >= 0.6 is 0 Å². The molecule has 2 aromatic carbocycles. The highest BCUT2D eigenvalue weighted by Crippen LogP contribution is 2.68. The first-order valence-electron chi connectivity index (χ1n) is 15.6. The van der Waals surface area contributed by atoms with Crippen molar-refractivity contribution in [3.63, 3.8) is 0 Å². The summed E-state index contributed by atoms with van der Waals surface area (Å²) in [5.41, 5.74) is 2.27. The van der Waals surface area contributed by atoms with E-state index in [9.17, 15) is 19.2 Å². The number of hydrogen-bond acceptors (Lipinski definition) is 6. The van der Waals surface area contributed by atoms with Gasteiger partial charge in [-0.2, -0.15) is 0 Å². The predicted octanol–water partition coefficient (Wildman–Crippen LogP) is 2.27. The summed E-state index contributed by atoms with van der Waals surface area (Å²) in [5, 5.41) is 13.5. The van der Waals surface area contributed by atoms with Crippen molar-refractivity contribution in [1.82, 2.24) is 20.4 Å². The number of para-hydroxylation sites is 2. The van der Waals surface area contributed by atoms with Crippen molar-refractivity contribution in [3.8, 4) is 0 Å². The van der Waals surface area contributed by atoms with Crippen LogP contribution in [-0.4, -0.2) is 69.9 Å². The summed E-state index contributed by atoms with van der Waals surface area (Å²) >= 11 is 0. The maximum atomic E-state index is 14.3. The van der Waals surface area contributed by atoms with E-state index in [1.54, 1.807) is 9.80 Å². The second-order valence-electron chi connectivity index (χ2n) is 14.0. The van der Waals surface area contributed by atoms with Crippen molar-refractivity contribution in [1.29, 1.82) is 0 Å². The molecule has 0 aromatic heterocycles. The lowest BCUT2D eigenvalue weighted by molar-refractivity contribution is -0.150. The van der Waals surface area contributed by atoms with Gasteiger partial charge in [-0.1, -0.05) is 64.1 Å². The zero-order valence-electron chi connectivity index (χ0n) is 24.9. The molecule has 0 spiro atoms. The van der Waals surface area contributed by atoms with Gasteiger partial charge in [-0.15, -0.1) is 0 Å². The number of carbonyl (C=O) groups is 4. The molecule has 8 rings (SSSR count). The van der Waals surface area contributed by atoms with Crippen molar-refractivity contribution in [2.24, 2.45) is 11.8 Å². The van der Waals surface area contributed by atoms with Crippen molar-refractivity contribution in [3.05, 3.63) is 59.7 Å². The van der Waals surface area contributed by atoms with Crippen molar-refractivity contribution >= 4 is 35.0 Å². The summed E-state index contributed by atoms with van der Waals surface area (Å²) in [6.07, 6.45) is 0.252. The minimum Gasteiger partial charge on any atom is -0.364 e. The van der Waals surface area contributed by atoms with Crippen LogP contribution in [0.5, 0.6) is 0 Å². The number of hydrogen-bond donors (Lipinski definition) is 4. The van der Waals surface area contributed by atoms with Gasteiger partial charge in [-0.25, -0.2) is 0 Å². The number of amides is 4. The van der Waals surface area contributed by atoms with Crippen LogP contribution in [0.4, 0.5) is 11.4 Å². The first kappa shape index (κ1) is 26.5. The van der Waals surface area contributed by atoms with E-state index < -0.39 is 47.3 Å². The minimum absolute atomic E-state index is 0.0735. The maximum Gasteiger partial charge on any atom is 0.247 e. The van der Waals surface area contributed by atoms with Crippen LogP contribution < -0.4 is 21.3 Å². The molecule has 4 amide bonds. The Morgan fingerprint density at radius 3 is 1.70 bits per heavy atom. The second kappa shape index (κ2) is 8.74. The number of fused-ring (bicyclic) bond motifs is 11. The Hall–Kier alpha value is -4.08. The van der Waals surface area contributed by atoms with E-state index in [-0.39, 0.29) is 35.5 Å². The zero-order valence-corrected chi connectivity index (χ0v) is 24.9. The van der Waals surface area contributed by atoms with Gasteiger partial charge in [-0.3, -0.25) is 19.2 Å². The number of rotatable bonds is 4. The standard InChI is InChI=1S/C33H38N6O4/c1-16(2)13-22-28(42)38-23(26(40)34-22)14-32(18-9-5-7-11-20(18)35-30(32)38)33-15-24-27(41)37-25(17(3)4)29(43)39(24)31(33)36-21-12-8-6-10-19(21)33/h5-12,16-17,22-25,30-31,35-36H,13-15H2,1-4H3,(H,34,40)(H,37,41)/t22-,23-,24-,25-,30-,31-,32+,33+/m1/s1. The Balaban J connectivity index is 1.37. The van der Waals surface area contributed by atoms with Gasteiger partial charge in [0.2, 0.25) is 23.6 Å². The second-order valence-corrected chi connectivity index (χ2v) is 14.0. The summed E-state index contributed by atoms with van der Waals surface area (Å²) in [4.78, 5) is 59.7. The molecule has 8 atom stereocenters. The van der Waals surface area contributed by atoms with Crippen LogP contribution in [0.15, 0.2) is 48.5 Å². The van der Waals surface area contributed by atoms with Crippen molar-refractivity contribution in [2.75, 3.05) is 10.6 Å². The van der Waals surface area contributed by atoms with Crippen LogP contribution in [0.2, 0.25) is 0 Å². The van der Waals surface area contributed by atoms with Crippen LogP contribution in [0.3, 0.4) is 0 Å². The van der Waals surface area contributed by atoms with Crippen LogP contribution in [0.25, 0.3) is 0 Å². The van der Waals surface area contributed by atoms with E-state index in [0.29, 0.717) is 19.3 Å². The molecule has 0 bridgehead atoms. The Morgan fingerprint density at radius 2 is 1.19 bits per heavy atom. The molecule has 4 fully saturated rings. The molecule has 4 N–H and O–H groups in total. The predicted molar refractivity (Wildman–Crippen MR) is 160 cm³/mol. The fraction of sp³-hybridized carbons (Fsp3) is 0.515. The SMILES string of the molecule is CC(C)C[C@H]1NC(=O)[C@H]2C[C@]3([C@]45C[C@@H]6C(=O)N[C@H](C(C)C)C(=O)N6[C@H]4Nc4ccccc45)c4ccccc4N[C@@H]3N2C1=O. The lowest BCUT2D eigenvalue weighted by Gasteiger charge is -2.48. The Morgan fingerprint density at radius 1 is 0.698 bits per heavy atom. The molecular formula is C33H38N6O4. The van der Waals surface area contributed by atoms with Gasteiger partial charge in [-0.05, 0) is 54.4 Å². The van der Waals surface area contributed by atoms with Gasteiger partial charge >= 0.3 is 0 Å². The third-order valence-electron chi connectivity index (χ3n) is 11.1. The van der Waals surface area contributed by atoms with E-state index >= 15 is 0 Å². The van der Waals surface area contributed by atoms with Crippen LogP contribution in [0, 0.1) is 11.8 Å². The maximum absolute atomic E-state index is 14.3. The average molecular weight is 583 g/mol. The van der Waals surface area contributed by atoms with Gasteiger partial charge in [0.25, 0.3) is 0 Å². The minimum atomic E-state index is -0.803. The number of benzene rings is 2. The zero-order chi connectivity index (χ0) is 30.0. The highest BCUT2D eigenvalue weighted by molar-refractivity contribution is 6.01. The molecule has 43 heavy (non-hydrogen) atoms. The molecule has 10 nitrogen and oxygen atoms in total. The van der Waals surface area contributed by atoms with E-state index in [0.717, 1.165) is 22.5 Å². The van der Waals surface area contributed by atoms with Gasteiger partial charge in [0, 0.05) is 11.4 Å². The molecular weight excluding hydrogens is 544 g/mol. The quantitative estimate of drug-likeness (QED) is 0.439. The Labute approximate surface area is 250 Å². The number of nitrogens with zero attached hydrogens (tertiary/aromatic N) is 2. The van der Waals surface area contributed by atoms with Gasteiger partial charge in [0.05, 0.1) is 10.8 Å². The first-order chi connectivity index (χ1) is 20.6. The first-order valence-corrected chi connectivity index (χ1v) is 15.6. The molecule has 4 saturated heterocycles. The molecule has 6 heterocycles. The average Bonchev–Trinajstić information content (AvgIpc) is 3.67. The Bertz CT molecular complexity index is 1590. The third kappa shape index (κ3) is 3.14. The summed E-state index contributed by atoms with van der Waals surface area (Å²) in [6.45, 7) is 7.99. The van der Waals surface area contributed by atoms with Crippen LogP contribution in [-0.2, 0) is 30.0 Å². The summed E-state index contributed by atoms with van der Waals surface area (Å²) in [7, 11) is 0.